The van der Waals surface area contributed by atoms with Crippen LogP contribution in [0.4, 0.5) is 0 Å². The fourth-order valence-electron chi connectivity index (χ4n) is 11.0. The first-order valence-corrected chi connectivity index (χ1v) is 19.0. The Morgan fingerprint density at radius 2 is 1.37 bits per heavy atom. The third kappa shape index (κ3) is 7.83. The van der Waals surface area contributed by atoms with Crippen LogP contribution in [0.15, 0.2) is 0 Å². The summed E-state index contributed by atoms with van der Waals surface area (Å²) in [5.41, 5.74) is 0. The van der Waals surface area contributed by atoms with E-state index < -0.39 is 6.10 Å². The quantitative estimate of drug-likeness (QED) is 0.332. The van der Waals surface area contributed by atoms with Crippen molar-refractivity contribution in [3.8, 4) is 0 Å². The number of nitrogens with zero attached hydrogens (tertiary/aromatic N) is 1. The average molecular weight is 652 g/mol. The van der Waals surface area contributed by atoms with E-state index in [4.69, 9.17) is 23.7 Å². The second-order valence-corrected chi connectivity index (χ2v) is 16.5. The van der Waals surface area contributed by atoms with Crippen molar-refractivity contribution >= 4 is 0 Å². The Labute approximate surface area is 279 Å². The molecule has 0 aromatic carbocycles. The Morgan fingerprint density at radius 1 is 0.696 bits per heavy atom. The van der Waals surface area contributed by atoms with Crippen molar-refractivity contribution in [2.24, 2.45) is 35.5 Å². The van der Waals surface area contributed by atoms with Crippen LogP contribution in [0, 0.1) is 35.5 Å². The number of likely N-dealkylation sites (tertiary alicyclic amines) is 2. The molecule has 0 radical (unpaired) electrons. The van der Waals surface area contributed by atoms with Gasteiger partial charge in [-0.25, -0.2) is 0 Å². The topological polar surface area (TPSA) is 94.3 Å². The van der Waals surface area contributed by atoms with E-state index in [1.807, 2.05) is 7.11 Å². The molecule has 2 aliphatic heterocycles. The van der Waals surface area contributed by atoms with Gasteiger partial charge >= 0.3 is 0 Å². The van der Waals surface area contributed by atoms with Crippen molar-refractivity contribution in [2.45, 2.75) is 138 Å². The number of ether oxygens (including phenoxy) is 5. The summed E-state index contributed by atoms with van der Waals surface area (Å²) in [6.45, 7) is 3.67. The number of hydrogen-bond acceptors (Lipinski definition) is 8. The van der Waals surface area contributed by atoms with Crippen LogP contribution in [-0.4, -0.2) is 132 Å². The van der Waals surface area contributed by atoms with E-state index in [1.54, 1.807) is 19.1 Å². The Morgan fingerprint density at radius 3 is 2.09 bits per heavy atom. The molecule has 6 rings (SSSR count). The Bertz CT molecular complexity index is 935. The van der Waals surface area contributed by atoms with Gasteiger partial charge in [0.15, 0.2) is 0 Å². The molecule has 0 aromatic heterocycles. The number of quaternary nitrogens is 1. The van der Waals surface area contributed by atoms with Gasteiger partial charge in [0.1, 0.15) is 6.10 Å². The first kappa shape index (κ1) is 35.5. The zero-order chi connectivity index (χ0) is 32.4. The normalized spacial score (nSPS) is 48.8. The van der Waals surface area contributed by atoms with Gasteiger partial charge in [-0.3, -0.25) is 0 Å². The average Bonchev–Trinajstić information content (AvgIpc) is 3.07. The summed E-state index contributed by atoms with van der Waals surface area (Å²) < 4.78 is 31.6. The molecular formula is C37H67N2O7+. The minimum Gasteiger partial charge on any atom is -0.396 e. The molecular weight excluding hydrogens is 584 g/mol. The molecule has 14 unspecified atom stereocenters. The summed E-state index contributed by atoms with van der Waals surface area (Å²) in [5.74, 6) is 3.26. The van der Waals surface area contributed by atoms with Gasteiger partial charge in [0.2, 0.25) is 0 Å². The summed E-state index contributed by atoms with van der Waals surface area (Å²) >= 11 is 0. The molecule has 6 fully saturated rings. The summed E-state index contributed by atoms with van der Waals surface area (Å²) in [6, 6.07) is 0.563. The molecule has 266 valence electrons. The lowest BCUT2D eigenvalue weighted by molar-refractivity contribution is -0.891. The van der Waals surface area contributed by atoms with Crippen LogP contribution < -0.4 is 4.90 Å². The van der Waals surface area contributed by atoms with Crippen LogP contribution in [0.25, 0.3) is 0 Å². The lowest BCUT2D eigenvalue weighted by Gasteiger charge is -2.53. The van der Waals surface area contributed by atoms with Gasteiger partial charge < -0.3 is 43.7 Å². The highest BCUT2D eigenvalue weighted by Crippen LogP contribution is 2.46. The fraction of sp³-hybridized carbons (Fsp3) is 1.00. The number of fused-ring (bicyclic) bond motifs is 2. The molecule has 4 saturated carbocycles. The molecule has 14 atom stereocenters. The van der Waals surface area contributed by atoms with Gasteiger partial charge in [-0.1, -0.05) is 0 Å². The number of hydrogen-bond donors (Lipinski definition) is 3. The molecule has 0 bridgehead atoms. The molecule has 9 heteroatoms. The number of aliphatic hydroxyl groups is 2. The standard InChI is InChI=1S/C37H66N2O7/c1-38-14-12-26-19-35(44-5)36(41)37(29(26)21-38)46-34-20-28-25(18-32(34)43-4)13-15-39(2)30(28)16-23-6-9-27(10-7-23)45-33-17-24(22-40)8-11-31(33)42-3/h23-37,40-41H,6-22H2,1-5H3/p+1. The van der Waals surface area contributed by atoms with Crippen LogP contribution >= 0.6 is 0 Å². The van der Waals surface area contributed by atoms with E-state index >= 15 is 0 Å². The first-order chi connectivity index (χ1) is 22.3. The minimum atomic E-state index is -0.586. The van der Waals surface area contributed by atoms with Gasteiger partial charge in [0, 0.05) is 39.9 Å². The second-order valence-electron chi connectivity index (χ2n) is 16.5. The van der Waals surface area contributed by atoms with Crippen molar-refractivity contribution in [3.05, 3.63) is 0 Å². The first-order valence-electron chi connectivity index (χ1n) is 19.0. The summed E-state index contributed by atoms with van der Waals surface area (Å²) in [6.07, 6.45) is 14.1. The highest BCUT2D eigenvalue weighted by molar-refractivity contribution is 5.00. The van der Waals surface area contributed by atoms with E-state index in [1.165, 1.54) is 38.6 Å². The summed E-state index contributed by atoms with van der Waals surface area (Å²) in [7, 11) is 10.0. The third-order valence-electron chi connectivity index (χ3n) is 13.9. The smallest absolute Gasteiger partial charge is 0.107 e. The van der Waals surface area contributed by atoms with E-state index in [0.29, 0.717) is 41.7 Å². The number of aliphatic hydroxyl groups excluding tert-OH is 2. The van der Waals surface area contributed by atoms with E-state index in [0.717, 1.165) is 70.4 Å². The molecule has 4 aliphatic carbocycles. The van der Waals surface area contributed by atoms with Crippen LogP contribution in [0.2, 0.25) is 0 Å². The monoisotopic (exact) mass is 651 g/mol. The molecule has 46 heavy (non-hydrogen) atoms. The molecule has 9 nitrogen and oxygen atoms in total. The number of nitrogens with one attached hydrogen (secondary N) is 1. The Kier molecular flexibility index (Phi) is 12.4. The molecule has 3 N–H and O–H groups in total. The van der Waals surface area contributed by atoms with Crippen LogP contribution in [0.5, 0.6) is 0 Å². The maximum atomic E-state index is 11.5. The molecule has 2 heterocycles. The highest BCUT2D eigenvalue weighted by atomic mass is 16.6. The minimum absolute atomic E-state index is 0.00879. The van der Waals surface area contributed by atoms with Crippen LogP contribution in [0.1, 0.15) is 83.5 Å². The lowest BCUT2D eigenvalue weighted by Crippen LogP contribution is -3.11. The predicted molar refractivity (Wildman–Crippen MR) is 177 cm³/mol. The van der Waals surface area contributed by atoms with Gasteiger partial charge in [0.05, 0.1) is 62.9 Å². The summed E-state index contributed by atoms with van der Waals surface area (Å²) in [5, 5.41) is 21.3. The van der Waals surface area contributed by atoms with E-state index in [-0.39, 0.29) is 43.2 Å². The zero-order valence-electron chi connectivity index (χ0n) is 29.6. The molecule has 0 spiro atoms. The summed E-state index contributed by atoms with van der Waals surface area (Å²) in [4.78, 5) is 4.20. The second kappa shape index (κ2) is 16.1. The number of piperidine rings is 2. The molecule has 0 amide bonds. The van der Waals surface area contributed by atoms with Gasteiger partial charge in [-0.2, -0.15) is 0 Å². The van der Waals surface area contributed by atoms with Gasteiger partial charge in [0.25, 0.3) is 0 Å². The SMILES string of the molecule is COC1CCC(CO)CC1OC1CCC(CC2C3CC(OC4C(O)C(OC)CC5CC[NH+](C)CC54)C(OC)CC3CCN2C)CC1. The van der Waals surface area contributed by atoms with E-state index in [2.05, 4.69) is 19.0 Å². The van der Waals surface area contributed by atoms with Crippen LogP contribution in [-0.2, 0) is 23.7 Å². The van der Waals surface area contributed by atoms with Gasteiger partial charge in [-0.05, 0) is 127 Å². The van der Waals surface area contributed by atoms with Crippen molar-refractivity contribution in [3.63, 3.8) is 0 Å². The maximum absolute atomic E-state index is 11.5. The Balaban J connectivity index is 1.08. The zero-order valence-corrected chi connectivity index (χ0v) is 29.6. The molecule has 0 aromatic rings. The Hall–Kier alpha value is -0.360. The number of methoxy groups -OCH3 is 3. The molecule has 6 aliphatic rings. The van der Waals surface area contributed by atoms with E-state index in [9.17, 15) is 10.2 Å². The number of rotatable bonds is 10. The van der Waals surface area contributed by atoms with Crippen molar-refractivity contribution in [1.29, 1.82) is 0 Å². The third-order valence-corrected chi connectivity index (χ3v) is 13.9. The van der Waals surface area contributed by atoms with Crippen LogP contribution in [0.3, 0.4) is 0 Å². The largest absolute Gasteiger partial charge is 0.396 e. The maximum Gasteiger partial charge on any atom is 0.107 e. The highest BCUT2D eigenvalue weighted by Gasteiger charge is 2.52. The van der Waals surface area contributed by atoms with Crippen molar-refractivity contribution in [2.75, 3.05) is 61.7 Å². The van der Waals surface area contributed by atoms with Crippen molar-refractivity contribution < 1.29 is 38.8 Å². The van der Waals surface area contributed by atoms with Gasteiger partial charge in [-0.15, -0.1) is 0 Å². The fourth-order valence-corrected chi connectivity index (χ4v) is 11.0. The molecule has 2 saturated heterocycles. The van der Waals surface area contributed by atoms with Crippen molar-refractivity contribution in [1.82, 2.24) is 4.90 Å². The predicted octanol–water partition coefficient (Wildman–Crippen LogP) is 2.56. The lowest BCUT2D eigenvalue weighted by atomic mass is 9.66.